The Balaban J connectivity index is 1.96. The predicted octanol–water partition coefficient (Wildman–Crippen LogP) is 2.50. The first-order valence-electron chi connectivity index (χ1n) is 6.62. The number of ether oxygens (including phenoxy) is 1. The van der Waals surface area contributed by atoms with Crippen molar-refractivity contribution in [3.8, 4) is 5.75 Å². The third-order valence-electron chi connectivity index (χ3n) is 3.73. The number of hydrogen-bond acceptors (Lipinski definition) is 4. The molecule has 5 heteroatoms. The van der Waals surface area contributed by atoms with Crippen molar-refractivity contribution in [2.75, 3.05) is 17.7 Å². The Morgan fingerprint density at radius 2 is 1.95 bits per heavy atom. The van der Waals surface area contributed by atoms with Gasteiger partial charge in [-0.05, 0) is 41.5 Å². The fourth-order valence-electron chi connectivity index (χ4n) is 2.67. The minimum atomic E-state index is -0.967. The van der Waals surface area contributed by atoms with Crippen LogP contribution < -0.4 is 15.4 Å². The zero-order valence-corrected chi connectivity index (χ0v) is 11.7. The van der Waals surface area contributed by atoms with Crippen LogP contribution in [0.2, 0.25) is 0 Å². The summed E-state index contributed by atoms with van der Waals surface area (Å²) in [4.78, 5) is 13.4. The van der Waals surface area contributed by atoms with Gasteiger partial charge in [-0.15, -0.1) is 0 Å². The number of hydrogen-bond donors (Lipinski definition) is 2. The van der Waals surface area contributed by atoms with E-state index in [2.05, 4.69) is 0 Å². The lowest BCUT2D eigenvalue weighted by molar-refractivity contribution is 0.0697. The van der Waals surface area contributed by atoms with Gasteiger partial charge in [0.2, 0.25) is 0 Å². The summed E-state index contributed by atoms with van der Waals surface area (Å²) in [6.07, 6.45) is 0. The smallest absolute Gasteiger partial charge is 0.337 e. The van der Waals surface area contributed by atoms with E-state index in [1.807, 2.05) is 23.1 Å². The Morgan fingerprint density at radius 1 is 1.19 bits per heavy atom. The fraction of sp³-hybridized carbons (Fsp3) is 0.188. The van der Waals surface area contributed by atoms with E-state index >= 15 is 0 Å². The molecule has 3 N–H and O–H groups in total. The number of aromatic carboxylic acids is 1. The first-order chi connectivity index (χ1) is 10.1. The van der Waals surface area contributed by atoms with Crippen molar-refractivity contribution in [3.63, 3.8) is 0 Å². The van der Waals surface area contributed by atoms with Gasteiger partial charge in [0.05, 0.1) is 18.4 Å². The van der Waals surface area contributed by atoms with Gasteiger partial charge in [-0.1, -0.05) is 6.07 Å². The molecular weight excluding hydrogens is 268 g/mol. The van der Waals surface area contributed by atoms with Crippen molar-refractivity contribution in [1.29, 1.82) is 0 Å². The predicted molar refractivity (Wildman–Crippen MR) is 80.7 cm³/mol. The zero-order chi connectivity index (χ0) is 15.0. The van der Waals surface area contributed by atoms with Gasteiger partial charge >= 0.3 is 5.97 Å². The average molecular weight is 284 g/mol. The monoisotopic (exact) mass is 284 g/mol. The van der Waals surface area contributed by atoms with E-state index in [0.717, 1.165) is 11.3 Å². The van der Waals surface area contributed by atoms with Crippen molar-refractivity contribution in [3.05, 3.63) is 53.1 Å². The Hall–Kier alpha value is -2.69. The number of benzene rings is 2. The standard InChI is InChI=1S/C16H16N2O3/c1-21-13-4-2-10-8-18(9-11(10)6-13)15-5-3-12(17)7-14(15)16(19)20/h2-7H,8-9,17H2,1H3,(H,19,20). The molecule has 3 rings (SSSR count). The second-order valence-electron chi connectivity index (χ2n) is 5.07. The van der Waals surface area contributed by atoms with Crippen LogP contribution in [0.1, 0.15) is 21.5 Å². The summed E-state index contributed by atoms with van der Waals surface area (Å²) in [5.41, 5.74) is 9.40. The minimum Gasteiger partial charge on any atom is -0.497 e. The van der Waals surface area contributed by atoms with E-state index in [1.165, 1.54) is 11.6 Å². The van der Waals surface area contributed by atoms with E-state index < -0.39 is 5.97 Å². The van der Waals surface area contributed by atoms with Crippen molar-refractivity contribution in [1.82, 2.24) is 0 Å². The molecule has 1 aliphatic heterocycles. The molecule has 0 amide bonds. The van der Waals surface area contributed by atoms with Gasteiger partial charge in [0.15, 0.2) is 0 Å². The molecule has 0 fully saturated rings. The summed E-state index contributed by atoms with van der Waals surface area (Å²) in [6.45, 7) is 1.35. The zero-order valence-electron chi connectivity index (χ0n) is 11.7. The number of nitrogens with two attached hydrogens (primary N) is 1. The SMILES string of the molecule is COc1ccc2c(c1)CN(c1ccc(N)cc1C(=O)O)C2. The van der Waals surface area contributed by atoms with E-state index in [9.17, 15) is 9.90 Å². The quantitative estimate of drug-likeness (QED) is 0.847. The highest BCUT2D eigenvalue weighted by molar-refractivity contribution is 5.95. The lowest BCUT2D eigenvalue weighted by Gasteiger charge is -2.20. The van der Waals surface area contributed by atoms with Crippen molar-refractivity contribution < 1.29 is 14.6 Å². The number of carboxylic acid groups (broad SMARTS) is 1. The average Bonchev–Trinajstić information content (AvgIpc) is 2.89. The molecular formula is C16H16N2O3. The number of rotatable bonds is 3. The molecule has 0 aromatic heterocycles. The highest BCUT2D eigenvalue weighted by Crippen LogP contribution is 2.33. The molecule has 0 unspecified atom stereocenters. The maximum absolute atomic E-state index is 11.4. The number of methoxy groups -OCH3 is 1. The number of fused-ring (bicyclic) bond motifs is 1. The van der Waals surface area contributed by atoms with Crippen molar-refractivity contribution >= 4 is 17.3 Å². The molecule has 0 bridgehead atoms. The Kier molecular flexibility index (Phi) is 3.17. The Labute approximate surface area is 122 Å². The van der Waals surface area contributed by atoms with Crippen LogP contribution in [0.3, 0.4) is 0 Å². The molecule has 2 aromatic carbocycles. The minimum absolute atomic E-state index is 0.231. The molecule has 5 nitrogen and oxygen atoms in total. The summed E-state index contributed by atoms with van der Waals surface area (Å²) in [5, 5.41) is 9.35. The molecule has 2 aromatic rings. The molecule has 0 radical (unpaired) electrons. The third kappa shape index (κ3) is 2.38. The van der Waals surface area contributed by atoms with Gasteiger partial charge in [0.1, 0.15) is 5.75 Å². The lowest BCUT2D eigenvalue weighted by Crippen LogP contribution is -2.18. The van der Waals surface area contributed by atoms with Crippen LogP contribution in [0.5, 0.6) is 5.75 Å². The second-order valence-corrected chi connectivity index (χ2v) is 5.07. The van der Waals surface area contributed by atoms with E-state index in [0.29, 0.717) is 24.5 Å². The Morgan fingerprint density at radius 3 is 2.67 bits per heavy atom. The highest BCUT2D eigenvalue weighted by atomic mass is 16.5. The summed E-state index contributed by atoms with van der Waals surface area (Å²) < 4.78 is 5.23. The molecule has 0 spiro atoms. The summed E-state index contributed by atoms with van der Waals surface area (Å²) in [6, 6.07) is 10.9. The first kappa shape index (κ1) is 13.3. The third-order valence-corrected chi connectivity index (χ3v) is 3.73. The molecule has 21 heavy (non-hydrogen) atoms. The summed E-state index contributed by atoms with van der Waals surface area (Å²) in [7, 11) is 1.64. The molecule has 0 atom stereocenters. The van der Waals surface area contributed by atoms with E-state index in [-0.39, 0.29) is 5.56 Å². The molecule has 0 aliphatic carbocycles. The number of nitrogen functional groups attached to an aromatic ring is 1. The van der Waals surface area contributed by atoms with Gasteiger partial charge in [-0.2, -0.15) is 0 Å². The van der Waals surface area contributed by atoms with Gasteiger partial charge in [0, 0.05) is 18.8 Å². The van der Waals surface area contributed by atoms with Crippen LogP contribution in [0.4, 0.5) is 11.4 Å². The molecule has 0 saturated heterocycles. The maximum Gasteiger partial charge on any atom is 0.337 e. The topological polar surface area (TPSA) is 75.8 Å². The number of anilines is 2. The fourth-order valence-corrected chi connectivity index (χ4v) is 2.67. The van der Waals surface area contributed by atoms with Gasteiger partial charge in [0.25, 0.3) is 0 Å². The van der Waals surface area contributed by atoms with Crippen LogP contribution in [-0.4, -0.2) is 18.2 Å². The first-order valence-corrected chi connectivity index (χ1v) is 6.62. The molecule has 1 heterocycles. The van der Waals surface area contributed by atoms with Crippen LogP contribution in [-0.2, 0) is 13.1 Å². The van der Waals surface area contributed by atoms with Crippen molar-refractivity contribution in [2.24, 2.45) is 0 Å². The van der Waals surface area contributed by atoms with E-state index in [4.69, 9.17) is 10.5 Å². The Bertz CT molecular complexity index is 713. The van der Waals surface area contributed by atoms with Gasteiger partial charge < -0.3 is 20.5 Å². The molecule has 0 saturated carbocycles. The maximum atomic E-state index is 11.4. The van der Waals surface area contributed by atoms with Gasteiger partial charge in [-0.3, -0.25) is 0 Å². The summed E-state index contributed by atoms with van der Waals surface area (Å²) in [5.74, 6) is -0.155. The number of nitrogens with zero attached hydrogens (tertiary/aromatic N) is 1. The van der Waals surface area contributed by atoms with Gasteiger partial charge in [-0.25, -0.2) is 4.79 Å². The normalized spacial score (nSPS) is 13.1. The van der Waals surface area contributed by atoms with E-state index in [1.54, 1.807) is 19.2 Å². The highest BCUT2D eigenvalue weighted by Gasteiger charge is 2.23. The van der Waals surface area contributed by atoms with Crippen LogP contribution in [0, 0.1) is 0 Å². The largest absolute Gasteiger partial charge is 0.497 e. The second kappa shape index (κ2) is 5.01. The lowest BCUT2D eigenvalue weighted by atomic mass is 10.1. The van der Waals surface area contributed by atoms with Crippen LogP contribution in [0.15, 0.2) is 36.4 Å². The van der Waals surface area contributed by atoms with Crippen LogP contribution in [0.25, 0.3) is 0 Å². The van der Waals surface area contributed by atoms with Crippen molar-refractivity contribution in [2.45, 2.75) is 13.1 Å². The molecule has 1 aliphatic rings. The summed E-state index contributed by atoms with van der Waals surface area (Å²) >= 11 is 0. The number of carbonyl (C=O) groups is 1. The number of carboxylic acids is 1. The molecule has 108 valence electrons. The van der Waals surface area contributed by atoms with Crippen LogP contribution >= 0.6 is 0 Å².